The zero-order valence-electron chi connectivity index (χ0n) is 8.16. The summed E-state index contributed by atoms with van der Waals surface area (Å²) in [7, 11) is 1.96. The summed E-state index contributed by atoms with van der Waals surface area (Å²) in [6.07, 6.45) is 0.0660. The molecular weight excluding hydrogens is 170 g/mol. The average molecular weight is 189 g/mol. The predicted octanol–water partition coefficient (Wildman–Crippen LogP) is -2.51. The number of carboxylic acid groups (broad SMARTS) is 1. The van der Waals surface area contributed by atoms with Gasteiger partial charge in [-0.15, -0.1) is 0 Å². The molecule has 0 aliphatic heterocycles. The summed E-state index contributed by atoms with van der Waals surface area (Å²) in [5.74, 6) is -1.02. The van der Waals surface area contributed by atoms with Crippen LogP contribution >= 0.6 is 0 Å². The number of carbonyl (C=O) groups is 1. The number of carbonyl (C=O) groups excluding carboxylic acids is 1. The van der Waals surface area contributed by atoms with Crippen molar-refractivity contribution in [2.75, 3.05) is 39.8 Å². The van der Waals surface area contributed by atoms with Crippen LogP contribution in [-0.4, -0.2) is 50.2 Å². The second kappa shape index (κ2) is 5.90. The topological polar surface area (TPSA) is 92.2 Å². The fourth-order valence-corrected chi connectivity index (χ4v) is 1.32. The molecular formula is C8H19N3O2. The van der Waals surface area contributed by atoms with Crippen LogP contribution in [0.1, 0.15) is 6.42 Å². The predicted molar refractivity (Wildman–Crippen MR) is 48.5 cm³/mol. The largest absolute Gasteiger partial charge is 0.550 e. The third-order valence-electron chi connectivity index (χ3n) is 2.19. The molecule has 0 fully saturated rings. The van der Waals surface area contributed by atoms with Gasteiger partial charge in [0.1, 0.15) is 0 Å². The van der Waals surface area contributed by atoms with Crippen molar-refractivity contribution in [3.8, 4) is 0 Å². The molecule has 0 saturated carbocycles. The van der Waals surface area contributed by atoms with Crippen molar-refractivity contribution < 1.29 is 14.4 Å². The summed E-state index contributed by atoms with van der Waals surface area (Å²) in [6, 6.07) is 0. The van der Waals surface area contributed by atoms with Crippen LogP contribution in [0.25, 0.3) is 0 Å². The van der Waals surface area contributed by atoms with Crippen LogP contribution in [0.15, 0.2) is 0 Å². The van der Waals surface area contributed by atoms with Crippen LogP contribution in [0.2, 0.25) is 0 Å². The smallest absolute Gasteiger partial charge is 0.0909 e. The Morgan fingerprint density at radius 1 is 1.23 bits per heavy atom. The van der Waals surface area contributed by atoms with Crippen molar-refractivity contribution >= 4 is 5.97 Å². The molecule has 0 amide bonds. The zero-order valence-corrected chi connectivity index (χ0v) is 8.16. The number of quaternary nitrogens is 1. The second-order valence-electron chi connectivity index (χ2n) is 3.49. The van der Waals surface area contributed by atoms with Crippen LogP contribution in [0.4, 0.5) is 0 Å². The minimum absolute atomic E-state index is 0.0660. The summed E-state index contributed by atoms with van der Waals surface area (Å²) in [4.78, 5) is 10.3. The van der Waals surface area contributed by atoms with Crippen molar-refractivity contribution in [3.05, 3.63) is 0 Å². The molecule has 0 atom stereocenters. The van der Waals surface area contributed by atoms with Crippen LogP contribution in [0, 0.1) is 0 Å². The molecule has 0 saturated heterocycles. The Morgan fingerprint density at radius 3 is 2.00 bits per heavy atom. The molecule has 0 aliphatic carbocycles. The van der Waals surface area contributed by atoms with Crippen LogP contribution in [-0.2, 0) is 4.79 Å². The van der Waals surface area contributed by atoms with Gasteiger partial charge in [-0.25, -0.2) is 0 Å². The van der Waals surface area contributed by atoms with Gasteiger partial charge in [-0.3, -0.25) is 0 Å². The quantitative estimate of drug-likeness (QED) is 0.433. The number of nitrogens with two attached hydrogens (primary N) is 2. The van der Waals surface area contributed by atoms with Crippen molar-refractivity contribution in [1.82, 2.24) is 0 Å². The number of carboxylic acids is 1. The van der Waals surface area contributed by atoms with E-state index >= 15 is 0 Å². The molecule has 5 nitrogen and oxygen atoms in total. The lowest BCUT2D eigenvalue weighted by Crippen LogP contribution is -2.51. The molecule has 0 bridgehead atoms. The lowest BCUT2D eigenvalue weighted by Gasteiger charge is -2.34. The Balaban J connectivity index is 3.98. The molecule has 0 aromatic carbocycles. The number of rotatable bonds is 7. The fraction of sp³-hybridized carbons (Fsp3) is 0.875. The van der Waals surface area contributed by atoms with Crippen LogP contribution < -0.4 is 16.6 Å². The van der Waals surface area contributed by atoms with Gasteiger partial charge in [0.25, 0.3) is 0 Å². The Kier molecular flexibility index (Phi) is 5.61. The van der Waals surface area contributed by atoms with Crippen molar-refractivity contribution in [3.63, 3.8) is 0 Å². The molecule has 0 heterocycles. The molecule has 0 aromatic rings. The SMILES string of the molecule is C[N+](CCN)(CCN)CCC(=O)[O-]. The van der Waals surface area contributed by atoms with E-state index in [1.807, 2.05) is 7.05 Å². The molecule has 0 aliphatic rings. The number of hydrogen-bond donors (Lipinski definition) is 2. The van der Waals surface area contributed by atoms with E-state index < -0.39 is 5.97 Å². The molecule has 0 spiro atoms. The fourth-order valence-electron chi connectivity index (χ4n) is 1.32. The van der Waals surface area contributed by atoms with E-state index in [9.17, 15) is 9.90 Å². The molecule has 4 N–H and O–H groups in total. The first-order chi connectivity index (χ1) is 6.04. The maximum Gasteiger partial charge on any atom is 0.0909 e. The maximum atomic E-state index is 10.3. The van der Waals surface area contributed by atoms with Crippen LogP contribution in [0.3, 0.4) is 0 Å². The number of nitrogens with zero attached hydrogens (tertiary/aromatic N) is 1. The van der Waals surface area contributed by atoms with Gasteiger partial charge in [0.2, 0.25) is 0 Å². The standard InChI is InChI=1S/C8H19N3O2/c1-11(6-3-9,7-4-10)5-2-8(12)13/h2-7,9-10H2,1H3. The zero-order chi connectivity index (χ0) is 10.3. The highest BCUT2D eigenvalue weighted by molar-refractivity contribution is 5.64. The molecule has 78 valence electrons. The normalized spacial score (nSPS) is 11.6. The van der Waals surface area contributed by atoms with Crippen molar-refractivity contribution in [1.29, 1.82) is 0 Å². The first kappa shape index (κ1) is 12.3. The first-order valence-corrected chi connectivity index (χ1v) is 4.47. The Morgan fingerprint density at radius 2 is 1.69 bits per heavy atom. The van der Waals surface area contributed by atoms with Gasteiger partial charge in [0, 0.05) is 25.5 Å². The highest BCUT2D eigenvalue weighted by Crippen LogP contribution is 2.01. The van der Waals surface area contributed by atoms with Gasteiger partial charge >= 0.3 is 0 Å². The van der Waals surface area contributed by atoms with Gasteiger partial charge in [-0.05, 0) is 0 Å². The monoisotopic (exact) mass is 189 g/mol. The Hall–Kier alpha value is -0.650. The summed E-state index contributed by atoms with van der Waals surface area (Å²) < 4.78 is 0.612. The summed E-state index contributed by atoms with van der Waals surface area (Å²) >= 11 is 0. The maximum absolute atomic E-state index is 10.3. The minimum atomic E-state index is -1.02. The highest BCUT2D eigenvalue weighted by atomic mass is 16.4. The van der Waals surface area contributed by atoms with E-state index in [-0.39, 0.29) is 6.42 Å². The molecule has 0 rings (SSSR count). The second-order valence-corrected chi connectivity index (χ2v) is 3.49. The summed E-state index contributed by atoms with van der Waals surface area (Å²) in [5, 5.41) is 10.3. The average Bonchev–Trinajstić information content (AvgIpc) is 2.02. The van der Waals surface area contributed by atoms with E-state index in [4.69, 9.17) is 11.5 Å². The lowest BCUT2D eigenvalue weighted by molar-refractivity contribution is -0.906. The van der Waals surface area contributed by atoms with Crippen LogP contribution in [0.5, 0.6) is 0 Å². The Labute approximate surface area is 78.9 Å². The third kappa shape index (κ3) is 5.57. The third-order valence-corrected chi connectivity index (χ3v) is 2.19. The molecule has 0 radical (unpaired) electrons. The summed E-state index contributed by atoms with van der Waals surface area (Å²) in [6.45, 7) is 3.14. The Bertz CT molecular complexity index is 155. The van der Waals surface area contributed by atoms with Gasteiger partial charge in [0.05, 0.1) is 26.7 Å². The first-order valence-electron chi connectivity index (χ1n) is 4.47. The highest BCUT2D eigenvalue weighted by Gasteiger charge is 2.18. The van der Waals surface area contributed by atoms with E-state index in [1.54, 1.807) is 0 Å². The molecule has 0 unspecified atom stereocenters. The van der Waals surface area contributed by atoms with E-state index in [0.717, 1.165) is 13.1 Å². The molecule has 5 heteroatoms. The summed E-state index contributed by atoms with van der Waals surface area (Å²) in [5.41, 5.74) is 10.9. The number of hydrogen-bond acceptors (Lipinski definition) is 4. The van der Waals surface area contributed by atoms with Crippen molar-refractivity contribution in [2.24, 2.45) is 11.5 Å². The lowest BCUT2D eigenvalue weighted by atomic mass is 10.3. The van der Waals surface area contributed by atoms with Gasteiger partial charge in [0.15, 0.2) is 0 Å². The molecule has 13 heavy (non-hydrogen) atoms. The van der Waals surface area contributed by atoms with E-state index in [2.05, 4.69) is 0 Å². The van der Waals surface area contributed by atoms with Gasteiger partial charge < -0.3 is 25.9 Å². The molecule has 0 aromatic heterocycles. The van der Waals surface area contributed by atoms with E-state index in [0.29, 0.717) is 24.1 Å². The minimum Gasteiger partial charge on any atom is -0.550 e. The van der Waals surface area contributed by atoms with Gasteiger partial charge in [-0.2, -0.15) is 0 Å². The van der Waals surface area contributed by atoms with E-state index in [1.165, 1.54) is 0 Å². The number of aliphatic carboxylic acids is 1. The number of likely N-dealkylation sites (N-methyl/N-ethyl adjacent to an activating group) is 1. The van der Waals surface area contributed by atoms with Gasteiger partial charge in [-0.1, -0.05) is 0 Å². The van der Waals surface area contributed by atoms with Crippen molar-refractivity contribution in [2.45, 2.75) is 6.42 Å².